The van der Waals surface area contributed by atoms with Crippen molar-refractivity contribution in [2.45, 2.75) is 12.8 Å². The van der Waals surface area contributed by atoms with E-state index >= 15 is 0 Å². The summed E-state index contributed by atoms with van der Waals surface area (Å²) >= 11 is 15.2. The number of aryl methyl sites for hydroxylation is 1. The molecule has 0 amide bonds. The fraction of sp³-hybridized carbons (Fsp3) is 0.222. The zero-order valence-electron chi connectivity index (χ0n) is 7.39. The van der Waals surface area contributed by atoms with Crippen molar-refractivity contribution in [3.63, 3.8) is 0 Å². The van der Waals surface area contributed by atoms with E-state index in [1.54, 1.807) is 0 Å². The van der Waals surface area contributed by atoms with E-state index in [1.807, 2.05) is 23.6 Å². The van der Waals surface area contributed by atoms with Gasteiger partial charge >= 0.3 is 0 Å². The third-order valence-electron chi connectivity index (χ3n) is 2.07. The maximum atomic E-state index is 6.03. The lowest BCUT2D eigenvalue weighted by Gasteiger charge is -2.03. The van der Waals surface area contributed by atoms with Gasteiger partial charge in [0.2, 0.25) is 0 Å². The molecule has 14 heavy (non-hydrogen) atoms. The minimum Gasteiger partial charge on any atom is -0.302 e. The molecule has 74 valence electrons. The van der Waals surface area contributed by atoms with Gasteiger partial charge in [-0.25, -0.2) is 4.98 Å². The average Bonchev–Trinajstić information content (AvgIpc) is 2.58. The van der Waals surface area contributed by atoms with Crippen LogP contribution in [0.5, 0.6) is 0 Å². The number of rotatable bonds is 1. The van der Waals surface area contributed by atoms with Gasteiger partial charge < -0.3 is 4.40 Å². The van der Waals surface area contributed by atoms with E-state index in [1.165, 1.54) is 0 Å². The van der Waals surface area contributed by atoms with Gasteiger partial charge in [-0.2, -0.15) is 0 Å². The van der Waals surface area contributed by atoms with E-state index in [0.29, 0.717) is 10.9 Å². The highest BCUT2D eigenvalue weighted by molar-refractivity contribution is 9.10. The minimum absolute atomic E-state index is 0.408. The molecule has 0 saturated carbocycles. The molecule has 0 saturated heterocycles. The summed E-state index contributed by atoms with van der Waals surface area (Å²) in [5.41, 5.74) is 2.66. The lowest BCUT2D eigenvalue weighted by atomic mass is 10.4. The summed E-state index contributed by atoms with van der Waals surface area (Å²) < 4.78 is 2.81. The number of fused-ring (bicyclic) bond motifs is 1. The first-order valence-corrected chi connectivity index (χ1v) is 5.72. The first-order chi connectivity index (χ1) is 6.63. The second kappa shape index (κ2) is 3.72. The molecule has 0 spiro atoms. The summed E-state index contributed by atoms with van der Waals surface area (Å²) in [6, 6.07) is 1.84. The standard InChI is InChI=1S/C9H7BrCl2N2/c1-5-8(12)2-7(10)9-13-6(3-11)4-14(5)9/h2,4H,3H2,1H3. The molecule has 0 aliphatic rings. The largest absolute Gasteiger partial charge is 0.302 e. The molecular formula is C9H7BrCl2N2. The highest BCUT2D eigenvalue weighted by Crippen LogP contribution is 2.26. The zero-order chi connectivity index (χ0) is 10.3. The predicted octanol–water partition coefficient (Wildman–Crippen LogP) is 3.80. The van der Waals surface area contributed by atoms with Crippen molar-refractivity contribution < 1.29 is 0 Å². The Kier molecular flexibility index (Phi) is 2.73. The smallest absolute Gasteiger partial charge is 0.151 e. The summed E-state index contributed by atoms with van der Waals surface area (Å²) in [5, 5.41) is 0.711. The molecule has 0 bridgehead atoms. The van der Waals surface area contributed by atoms with Crippen LogP contribution in [0.25, 0.3) is 5.65 Å². The Labute approximate surface area is 100.0 Å². The number of nitrogens with zero attached hydrogens (tertiary/aromatic N) is 2. The van der Waals surface area contributed by atoms with Gasteiger partial charge in [0, 0.05) is 11.9 Å². The molecule has 0 fully saturated rings. The summed E-state index contributed by atoms with van der Waals surface area (Å²) in [6.45, 7) is 1.95. The van der Waals surface area contributed by atoms with Gasteiger partial charge in [0.05, 0.1) is 21.1 Å². The Morgan fingerprint density at radius 3 is 2.93 bits per heavy atom. The van der Waals surface area contributed by atoms with Gasteiger partial charge in [-0.05, 0) is 28.9 Å². The Morgan fingerprint density at radius 1 is 1.57 bits per heavy atom. The van der Waals surface area contributed by atoms with Crippen molar-refractivity contribution in [3.05, 3.63) is 33.1 Å². The van der Waals surface area contributed by atoms with Crippen molar-refractivity contribution in [1.82, 2.24) is 9.38 Å². The van der Waals surface area contributed by atoms with Crippen molar-refractivity contribution >= 4 is 44.8 Å². The van der Waals surface area contributed by atoms with E-state index < -0.39 is 0 Å². The van der Waals surface area contributed by atoms with E-state index in [4.69, 9.17) is 23.2 Å². The summed E-state index contributed by atoms with van der Waals surface area (Å²) in [6.07, 6.45) is 1.90. The molecule has 0 atom stereocenters. The molecule has 0 N–H and O–H groups in total. The second-order valence-electron chi connectivity index (χ2n) is 2.99. The first-order valence-electron chi connectivity index (χ1n) is 4.02. The SMILES string of the molecule is Cc1c(Cl)cc(Br)c2nc(CCl)cn12. The first kappa shape index (κ1) is 10.3. The highest BCUT2D eigenvalue weighted by atomic mass is 79.9. The number of aromatic nitrogens is 2. The molecule has 0 unspecified atom stereocenters. The van der Waals surface area contributed by atoms with E-state index in [2.05, 4.69) is 20.9 Å². The number of hydrogen-bond acceptors (Lipinski definition) is 1. The normalized spacial score (nSPS) is 11.1. The second-order valence-corrected chi connectivity index (χ2v) is 4.51. The molecule has 2 aromatic rings. The van der Waals surface area contributed by atoms with Crippen LogP contribution < -0.4 is 0 Å². The minimum atomic E-state index is 0.408. The molecule has 2 rings (SSSR count). The van der Waals surface area contributed by atoms with Gasteiger partial charge in [0.25, 0.3) is 0 Å². The van der Waals surface area contributed by atoms with Gasteiger partial charge in [-0.1, -0.05) is 11.6 Å². The van der Waals surface area contributed by atoms with Crippen molar-refractivity contribution in [2.24, 2.45) is 0 Å². The van der Waals surface area contributed by atoms with Crippen molar-refractivity contribution in [3.8, 4) is 0 Å². The van der Waals surface area contributed by atoms with E-state index in [-0.39, 0.29) is 0 Å². The molecule has 0 radical (unpaired) electrons. The van der Waals surface area contributed by atoms with Gasteiger partial charge in [-0.3, -0.25) is 0 Å². The molecule has 2 aromatic heterocycles. The quantitative estimate of drug-likeness (QED) is 0.731. The van der Waals surface area contributed by atoms with Crippen LogP contribution in [0.15, 0.2) is 16.7 Å². The molecule has 0 aliphatic carbocycles. The van der Waals surface area contributed by atoms with Crippen LogP contribution in [0.1, 0.15) is 11.4 Å². The van der Waals surface area contributed by atoms with Gasteiger partial charge in [-0.15, -0.1) is 11.6 Å². The zero-order valence-corrected chi connectivity index (χ0v) is 10.5. The summed E-state index contributed by atoms with van der Waals surface area (Å²) in [7, 11) is 0. The van der Waals surface area contributed by atoms with Gasteiger partial charge in [0.1, 0.15) is 0 Å². The monoisotopic (exact) mass is 292 g/mol. The molecule has 2 heterocycles. The maximum Gasteiger partial charge on any atom is 0.151 e. The lowest BCUT2D eigenvalue weighted by molar-refractivity contribution is 1.09. The molecule has 0 aromatic carbocycles. The van der Waals surface area contributed by atoms with Crippen LogP contribution in [-0.4, -0.2) is 9.38 Å². The Hall–Kier alpha value is -0.250. The maximum absolute atomic E-state index is 6.03. The van der Waals surface area contributed by atoms with Crippen molar-refractivity contribution in [2.75, 3.05) is 0 Å². The number of alkyl halides is 1. The lowest BCUT2D eigenvalue weighted by Crippen LogP contribution is -1.91. The average molecular weight is 294 g/mol. The van der Waals surface area contributed by atoms with Crippen LogP contribution in [0.4, 0.5) is 0 Å². The molecule has 0 aliphatic heterocycles. The Bertz CT molecular complexity index is 493. The van der Waals surface area contributed by atoms with E-state index in [9.17, 15) is 0 Å². The molecule has 2 nitrogen and oxygen atoms in total. The Balaban J connectivity index is 2.84. The fourth-order valence-corrected chi connectivity index (χ4v) is 2.28. The number of halogens is 3. The highest BCUT2D eigenvalue weighted by Gasteiger charge is 2.09. The summed E-state index contributed by atoms with van der Waals surface area (Å²) in [5.74, 6) is 0.408. The number of hydrogen-bond donors (Lipinski definition) is 0. The van der Waals surface area contributed by atoms with Crippen LogP contribution in [0.2, 0.25) is 5.02 Å². The fourth-order valence-electron chi connectivity index (χ4n) is 1.31. The van der Waals surface area contributed by atoms with E-state index in [0.717, 1.165) is 21.5 Å². The molecular weight excluding hydrogens is 287 g/mol. The van der Waals surface area contributed by atoms with Gasteiger partial charge in [0.15, 0.2) is 5.65 Å². The Morgan fingerprint density at radius 2 is 2.29 bits per heavy atom. The van der Waals surface area contributed by atoms with Crippen LogP contribution >= 0.6 is 39.1 Å². The molecule has 5 heteroatoms. The summed E-state index contributed by atoms with van der Waals surface area (Å²) in [4.78, 5) is 4.36. The topological polar surface area (TPSA) is 17.3 Å². The predicted molar refractivity (Wildman–Crippen MR) is 62.2 cm³/mol. The number of pyridine rings is 1. The third-order valence-corrected chi connectivity index (χ3v) is 3.31. The van der Waals surface area contributed by atoms with Crippen LogP contribution in [0.3, 0.4) is 0 Å². The van der Waals surface area contributed by atoms with Crippen LogP contribution in [0, 0.1) is 6.92 Å². The van der Waals surface area contributed by atoms with Crippen molar-refractivity contribution in [1.29, 1.82) is 0 Å². The van der Waals surface area contributed by atoms with Crippen LogP contribution in [-0.2, 0) is 5.88 Å². The third kappa shape index (κ3) is 1.53. The number of imidazole rings is 1.